The molecule has 0 spiro atoms. The van der Waals surface area contributed by atoms with Gasteiger partial charge in [0.15, 0.2) is 0 Å². The highest BCUT2D eigenvalue weighted by atomic mass is 32.2. The van der Waals surface area contributed by atoms with Crippen molar-refractivity contribution in [3.8, 4) is 0 Å². The predicted molar refractivity (Wildman–Crippen MR) is 95.4 cm³/mol. The van der Waals surface area contributed by atoms with Gasteiger partial charge < -0.3 is 10.6 Å². The second kappa shape index (κ2) is 8.07. The van der Waals surface area contributed by atoms with E-state index in [1.807, 2.05) is 6.07 Å². The highest BCUT2D eigenvalue weighted by Gasteiger charge is 2.06. The van der Waals surface area contributed by atoms with Gasteiger partial charge in [-0.3, -0.25) is 0 Å². The Morgan fingerprint density at radius 1 is 1.12 bits per heavy atom. The maximum absolute atomic E-state index is 11.2. The van der Waals surface area contributed by atoms with Crippen LogP contribution in [0.1, 0.15) is 19.4 Å². The van der Waals surface area contributed by atoms with E-state index in [4.69, 9.17) is 5.14 Å². The molecule has 0 saturated carbocycles. The summed E-state index contributed by atoms with van der Waals surface area (Å²) in [7, 11) is -3.64. The average molecular weight is 349 g/mol. The predicted octanol–water partition coefficient (Wildman–Crippen LogP) is 1.85. The Labute approximate surface area is 142 Å². The molecule has 130 valence electrons. The maximum atomic E-state index is 11.2. The molecule has 0 unspecified atom stereocenters. The minimum Gasteiger partial charge on any atom is -0.370 e. The standard InChI is InChI=1S/C16H23N5O2S/c1-12(2)11-20-16-19-10-8-15(21-16)18-9-7-13-3-5-14(6-4-13)24(17,22)23/h3-6,8,10,12H,7,9,11H2,1-2H3,(H2,17,22,23)(H2,18,19,20,21). The van der Waals surface area contributed by atoms with E-state index < -0.39 is 10.0 Å². The molecule has 0 atom stereocenters. The molecule has 0 bridgehead atoms. The van der Waals surface area contributed by atoms with Crippen molar-refractivity contribution in [2.24, 2.45) is 11.1 Å². The highest BCUT2D eigenvalue weighted by molar-refractivity contribution is 7.89. The summed E-state index contributed by atoms with van der Waals surface area (Å²) >= 11 is 0. The van der Waals surface area contributed by atoms with E-state index in [0.717, 1.165) is 24.3 Å². The molecule has 2 aromatic rings. The zero-order valence-corrected chi connectivity index (χ0v) is 14.7. The van der Waals surface area contributed by atoms with Crippen LogP contribution in [0.15, 0.2) is 41.4 Å². The summed E-state index contributed by atoms with van der Waals surface area (Å²) < 4.78 is 22.4. The number of nitrogens with two attached hydrogens (primary N) is 1. The van der Waals surface area contributed by atoms with Gasteiger partial charge in [-0.05, 0) is 36.1 Å². The fourth-order valence-electron chi connectivity index (χ4n) is 2.02. The summed E-state index contributed by atoms with van der Waals surface area (Å²) in [6.07, 6.45) is 2.45. The molecule has 1 heterocycles. The number of benzene rings is 1. The third-order valence-corrected chi connectivity index (χ3v) is 4.22. The van der Waals surface area contributed by atoms with Gasteiger partial charge in [-0.15, -0.1) is 0 Å². The molecule has 0 aliphatic heterocycles. The quantitative estimate of drug-likeness (QED) is 0.671. The topological polar surface area (TPSA) is 110 Å². The first-order chi connectivity index (χ1) is 11.3. The molecule has 4 N–H and O–H groups in total. The van der Waals surface area contributed by atoms with Gasteiger partial charge in [-0.2, -0.15) is 4.98 Å². The van der Waals surface area contributed by atoms with Gasteiger partial charge in [-0.25, -0.2) is 18.5 Å². The Morgan fingerprint density at radius 2 is 1.83 bits per heavy atom. The number of rotatable bonds is 8. The lowest BCUT2D eigenvalue weighted by Crippen LogP contribution is -2.13. The number of primary sulfonamides is 1. The molecule has 0 fully saturated rings. The van der Waals surface area contributed by atoms with Gasteiger partial charge in [0.1, 0.15) is 5.82 Å². The summed E-state index contributed by atoms with van der Waals surface area (Å²) in [4.78, 5) is 8.69. The summed E-state index contributed by atoms with van der Waals surface area (Å²) in [5.41, 5.74) is 1.02. The second-order valence-electron chi connectivity index (χ2n) is 5.91. The van der Waals surface area contributed by atoms with Gasteiger partial charge in [0, 0.05) is 19.3 Å². The summed E-state index contributed by atoms with van der Waals surface area (Å²) in [5.74, 6) is 1.87. The van der Waals surface area contributed by atoms with Crippen molar-refractivity contribution in [3.63, 3.8) is 0 Å². The van der Waals surface area contributed by atoms with Crippen LogP contribution >= 0.6 is 0 Å². The lowest BCUT2D eigenvalue weighted by molar-refractivity contribution is 0.598. The van der Waals surface area contributed by atoms with Crippen LogP contribution in [0.3, 0.4) is 0 Å². The first kappa shape index (κ1) is 18.2. The molecule has 1 aromatic heterocycles. The van der Waals surface area contributed by atoms with E-state index in [0.29, 0.717) is 18.4 Å². The zero-order valence-electron chi connectivity index (χ0n) is 13.9. The van der Waals surface area contributed by atoms with Gasteiger partial charge in [0.25, 0.3) is 0 Å². The number of hydrogen-bond donors (Lipinski definition) is 3. The molecule has 0 amide bonds. The Kier molecular flexibility index (Phi) is 6.10. The molecule has 0 aliphatic rings. The molecule has 7 nitrogen and oxygen atoms in total. The Bertz CT molecular complexity index is 760. The van der Waals surface area contributed by atoms with Crippen LogP contribution in [-0.2, 0) is 16.4 Å². The zero-order chi connectivity index (χ0) is 17.6. The number of hydrogen-bond acceptors (Lipinski definition) is 6. The largest absolute Gasteiger partial charge is 0.370 e. The van der Waals surface area contributed by atoms with Crippen LogP contribution in [0.25, 0.3) is 0 Å². The number of sulfonamides is 1. The number of nitrogens with zero attached hydrogens (tertiary/aromatic N) is 2. The van der Waals surface area contributed by atoms with E-state index in [-0.39, 0.29) is 4.90 Å². The van der Waals surface area contributed by atoms with Crippen molar-refractivity contribution in [1.29, 1.82) is 0 Å². The van der Waals surface area contributed by atoms with Crippen LogP contribution in [0.2, 0.25) is 0 Å². The van der Waals surface area contributed by atoms with Crippen LogP contribution < -0.4 is 15.8 Å². The van der Waals surface area contributed by atoms with Gasteiger partial charge in [0.05, 0.1) is 4.90 Å². The Hall–Kier alpha value is -2.19. The molecule has 1 aromatic carbocycles. The number of aromatic nitrogens is 2. The lowest BCUT2D eigenvalue weighted by Gasteiger charge is -2.10. The third kappa shape index (κ3) is 5.78. The van der Waals surface area contributed by atoms with Crippen molar-refractivity contribution < 1.29 is 8.42 Å². The van der Waals surface area contributed by atoms with Gasteiger partial charge >= 0.3 is 0 Å². The smallest absolute Gasteiger partial charge is 0.238 e. The third-order valence-electron chi connectivity index (χ3n) is 3.30. The normalized spacial score (nSPS) is 11.5. The van der Waals surface area contributed by atoms with Crippen molar-refractivity contribution in [2.75, 3.05) is 23.7 Å². The summed E-state index contributed by atoms with van der Waals surface area (Å²) in [6.45, 7) is 5.74. The van der Waals surface area contributed by atoms with Crippen LogP contribution in [0.5, 0.6) is 0 Å². The maximum Gasteiger partial charge on any atom is 0.238 e. The molecule has 2 rings (SSSR count). The van der Waals surface area contributed by atoms with Crippen LogP contribution in [0.4, 0.5) is 11.8 Å². The van der Waals surface area contributed by atoms with Crippen LogP contribution in [-0.4, -0.2) is 31.5 Å². The fraction of sp³-hybridized carbons (Fsp3) is 0.375. The first-order valence-electron chi connectivity index (χ1n) is 7.77. The van der Waals surface area contributed by atoms with Crippen LogP contribution in [0, 0.1) is 5.92 Å². The van der Waals surface area contributed by atoms with Crippen molar-refractivity contribution in [2.45, 2.75) is 25.2 Å². The first-order valence-corrected chi connectivity index (χ1v) is 9.32. The summed E-state index contributed by atoms with van der Waals surface area (Å²) in [6, 6.07) is 8.37. The Balaban J connectivity index is 1.86. The molecular weight excluding hydrogens is 326 g/mol. The molecule has 0 aliphatic carbocycles. The van der Waals surface area contributed by atoms with E-state index in [9.17, 15) is 8.42 Å². The monoisotopic (exact) mass is 349 g/mol. The minimum atomic E-state index is -3.64. The molecule has 24 heavy (non-hydrogen) atoms. The average Bonchev–Trinajstić information content (AvgIpc) is 2.53. The van der Waals surface area contributed by atoms with E-state index >= 15 is 0 Å². The highest BCUT2D eigenvalue weighted by Crippen LogP contribution is 2.10. The number of anilines is 2. The second-order valence-corrected chi connectivity index (χ2v) is 7.47. The van der Waals surface area contributed by atoms with E-state index in [1.54, 1.807) is 18.3 Å². The molecular formula is C16H23N5O2S. The van der Waals surface area contributed by atoms with Crippen molar-refractivity contribution in [1.82, 2.24) is 9.97 Å². The molecule has 0 saturated heterocycles. The van der Waals surface area contributed by atoms with E-state index in [1.165, 1.54) is 12.1 Å². The molecule has 8 heteroatoms. The van der Waals surface area contributed by atoms with Gasteiger partial charge in [-0.1, -0.05) is 26.0 Å². The Morgan fingerprint density at radius 3 is 2.46 bits per heavy atom. The van der Waals surface area contributed by atoms with Gasteiger partial charge in [0.2, 0.25) is 16.0 Å². The summed E-state index contributed by atoms with van der Waals surface area (Å²) in [5, 5.41) is 11.5. The SMILES string of the molecule is CC(C)CNc1nccc(NCCc2ccc(S(N)(=O)=O)cc2)n1. The minimum absolute atomic E-state index is 0.121. The van der Waals surface area contributed by atoms with Crippen molar-refractivity contribution in [3.05, 3.63) is 42.1 Å². The molecule has 0 radical (unpaired) electrons. The van der Waals surface area contributed by atoms with Crippen molar-refractivity contribution >= 4 is 21.8 Å². The van der Waals surface area contributed by atoms with E-state index in [2.05, 4.69) is 34.4 Å². The lowest BCUT2D eigenvalue weighted by atomic mass is 10.1. The fourth-order valence-corrected chi connectivity index (χ4v) is 2.53. The number of nitrogens with one attached hydrogen (secondary N) is 2.